The number of rotatable bonds is 10. The van der Waals surface area contributed by atoms with Gasteiger partial charge in [0.15, 0.2) is 0 Å². The van der Waals surface area contributed by atoms with E-state index in [4.69, 9.17) is 14.2 Å². The molecular weight excluding hydrogens is 356 g/mol. The zero-order valence-electron chi connectivity index (χ0n) is 16.1. The second-order valence-corrected chi connectivity index (χ2v) is 6.70. The average Bonchev–Trinajstić information content (AvgIpc) is 2.74. The molecule has 0 aliphatic carbocycles. The molecule has 0 unspecified atom stereocenters. The van der Waals surface area contributed by atoms with Gasteiger partial charge in [-0.25, -0.2) is 0 Å². The van der Waals surface area contributed by atoms with Crippen LogP contribution in [0.25, 0.3) is 0 Å². The number of carbonyl (C=O) groups is 1. The van der Waals surface area contributed by atoms with E-state index in [1.54, 1.807) is 0 Å². The van der Waals surface area contributed by atoms with E-state index in [2.05, 4.69) is 34.5 Å². The number of para-hydroxylation sites is 1. The first-order valence-corrected chi connectivity index (χ1v) is 9.70. The van der Waals surface area contributed by atoms with Crippen LogP contribution < -0.4 is 10.1 Å². The number of benzene rings is 2. The fraction of sp³-hybridized carbons (Fsp3) is 0.409. The molecule has 3 rings (SSSR count). The van der Waals surface area contributed by atoms with Gasteiger partial charge < -0.3 is 19.5 Å². The van der Waals surface area contributed by atoms with Gasteiger partial charge in [-0.15, -0.1) is 0 Å². The van der Waals surface area contributed by atoms with E-state index in [1.807, 2.05) is 30.3 Å². The van der Waals surface area contributed by atoms with Crippen molar-refractivity contribution in [2.75, 3.05) is 46.1 Å². The Hall–Kier alpha value is -2.41. The first kappa shape index (κ1) is 20.3. The Morgan fingerprint density at radius 1 is 0.964 bits per heavy atom. The predicted octanol–water partition coefficient (Wildman–Crippen LogP) is 2.23. The number of morpholine rings is 1. The van der Waals surface area contributed by atoms with E-state index in [0.717, 1.165) is 44.2 Å². The van der Waals surface area contributed by atoms with Crippen molar-refractivity contribution >= 4 is 5.91 Å². The van der Waals surface area contributed by atoms with E-state index < -0.39 is 0 Å². The first-order chi connectivity index (χ1) is 13.8. The van der Waals surface area contributed by atoms with E-state index in [9.17, 15) is 4.79 Å². The van der Waals surface area contributed by atoms with Crippen LogP contribution >= 0.6 is 0 Å². The van der Waals surface area contributed by atoms with Gasteiger partial charge in [0.1, 0.15) is 19.0 Å². The highest BCUT2D eigenvalue weighted by molar-refractivity contribution is 5.77. The summed E-state index contributed by atoms with van der Waals surface area (Å²) in [5.74, 6) is 0.671. The van der Waals surface area contributed by atoms with Crippen LogP contribution in [-0.4, -0.2) is 56.9 Å². The van der Waals surface area contributed by atoms with Crippen molar-refractivity contribution in [3.8, 4) is 5.75 Å². The second-order valence-electron chi connectivity index (χ2n) is 6.70. The molecule has 0 aromatic heterocycles. The number of nitrogens with zero attached hydrogens (tertiary/aromatic N) is 1. The van der Waals surface area contributed by atoms with E-state index in [-0.39, 0.29) is 12.5 Å². The quantitative estimate of drug-likeness (QED) is 0.637. The molecule has 1 heterocycles. The molecule has 0 saturated carbocycles. The van der Waals surface area contributed by atoms with Gasteiger partial charge in [-0.2, -0.15) is 0 Å². The van der Waals surface area contributed by atoms with Crippen LogP contribution in [0.2, 0.25) is 0 Å². The highest BCUT2D eigenvalue weighted by atomic mass is 16.5. The summed E-state index contributed by atoms with van der Waals surface area (Å²) in [7, 11) is 0. The van der Waals surface area contributed by atoms with Crippen molar-refractivity contribution in [2.24, 2.45) is 0 Å². The van der Waals surface area contributed by atoms with Gasteiger partial charge in [0.25, 0.3) is 0 Å². The van der Waals surface area contributed by atoms with Crippen molar-refractivity contribution in [1.29, 1.82) is 0 Å². The van der Waals surface area contributed by atoms with Gasteiger partial charge in [-0.1, -0.05) is 42.5 Å². The lowest BCUT2D eigenvalue weighted by molar-refractivity contribution is -0.126. The largest absolute Gasteiger partial charge is 0.491 e. The maximum absolute atomic E-state index is 11.9. The van der Waals surface area contributed by atoms with Crippen LogP contribution in [0.3, 0.4) is 0 Å². The lowest BCUT2D eigenvalue weighted by Gasteiger charge is -2.26. The first-order valence-electron chi connectivity index (χ1n) is 9.70. The lowest BCUT2D eigenvalue weighted by Crippen LogP contribution is -2.35. The molecule has 6 heteroatoms. The number of carbonyl (C=O) groups excluding carboxylic acids is 1. The molecule has 6 nitrogen and oxygen atoms in total. The summed E-state index contributed by atoms with van der Waals surface area (Å²) in [6.07, 6.45) is 0. The molecule has 150 valence electrons. The van der Waals surface area contributed by atoms with Gasteiger partial charge in [0.05, 0.1) is 19.8 Å². The monoisotopic (exact) mass is 384 g/mol. The third kappa shape index (κ3) is 7.31. The average molecular weight is 384 g/mol. The molecule has 1 amide bonds. The van der Waals surface area contributed by atoms with Crippen LogP contribution in [0.1, 0.15) is 11.1 Å². The zero-order chi connectivity index (χ0) is 19.4. The molecular formula is C22H28N2O4. The fourth-order valence-electron chi connectivity index (χ4n) is 2.93. The normalized spacial score (nSPS) is 14.6. The van der Waals surface area contributed by atoms with Crippen molar-refractivity contribution < 1.29 is 19.0 Å². The van der Waals surface area contributed by atoms with Crippen LogP contribution in [0, 0.1) is 0 Å². The number of amides is 1. The van der Waals surface area contributed by atoms with Gasteiger partial charge in [-0.05, 0) is 23.3 Å². The lowest BCUT2D eigenvalue weighted by atomic mass is 10.1. The summed E-state index contributed by atoms with van der Waals surface area (Å²) in [5.41, 5.74) is 2.35. The Labute approximate surface area is 166 Å². The summed E-state index contributed by atoms with van der Waals surface area (Å²) in [6.45, 7) is 5.85. The zero-order valence-corrected chi connectivity index (χ0v) is 16.1. The minimum Gasteiger partial charge on any atom is -0.491 e. The molecule has 0 bridgehead atoms. The predicted molar refractivity (Wildman–Crippen MR) is 107 cm³/mol. The van der Waals surface area contributed by atoms with E-state index in [0.29, 0.717) is 19.8 Å². The van der Waals surface area contributed by atoms with E-state index >= 15 is 0 Å². The summed E-state index contributed by atoms with van der Waals surface area (Å²) in [4.78, 5) is 14.3. The van der Waals surface area contributed by atoms with Gasteiger partial charge in [0.2, 0.25) is 5.91 Å². The Morgan fingerprint density at radius 3 is 2.43 bits per heavy atom. The Morgan fingerprint density at radius 2 is 1.68 bits per heavy atom. The summed E-state index contributed by atoms with van der Waals surface area (Å²) in [5, 5.41) is 2.88. The van der Waals surface area contributed by atoms with Crippen molar-refractivity contribution in [1.82, 2.24) is 10.2 Å². The molecule has 2 aromatic rings. The third-order valence-electron chi connectivity index (χ3n) is 4.50. The van der Waals surface area contributed by atoms with E-state index in [1.165, 1.54) is 5.56 Å². The fourth-order valence-corrected chi connectivity index (χ4v) is 2.93. The third-order valence-corrected chi connectivity index (χ3v) is 4.50. The molecule has 28 heavy (non-hydrogen) atoms. The second kappa shape index (κ2) is 11.4. The van der Waals surface area contributed by atoms with Gasteiger partial charge in [-0.3, -0.25) is 9.69 Å². The molecule has 0 spiro atoms. The van der Waals surface area contributed by atoms with Crippen molar-refractivity contribution in [3.63, 3.8) is 0 Å². The molecule has 1 saturated heterocycles. The number of ether oxygens (including phenoxy) is 3. The van der Waals surface area contributed by atoms with Gasteiger partial charge >= 0.3 is 0 Å². The topological polar surface area (TPSA) is 60.0 Å². The molecule has 1 aliphatic rings. The van der Waals surface area contributed by atoms with Crippen molar-refractivity contribution in [3.05, 3.63) is 65.7 Å². The number of hydrogen-bond acceptors (Lipinski definition) is 5. The smallest absolute Gasteiger partial charge is 0.246 e. The van der Waals surface area contributed by atoms with Crippen LogP contribution in [-0.2, 0) is 27.4 Å². The number of hydrogen-bond donors (Lipinski definition) is 1. The molecule has 0 radical (unpaired) electrons. The molecule has 2 aromatic carbocycles. The Kier molecular flexibility index (Phi) is 8.30. The van der Waals surface area contributed by atoms with Crippen LogP contribution in [0.15, 0.2) is 54.6 Å². The highest BCUT2D eigenvalue weighted by Gasteiger charge is 2.10. The molecule has 0 atom stereocenters. The standard InChI is InChI=1S/C22H28N2O4/c25-22(18-27-14-15-28-21-4-2-1-3-5-21)23-16-19-6-8-20(9-7-19)17-24-10-12-26-13-11-24/h1-9H,10-18H2,(H,23,25). The number of nitrogens with one attached hydrogen (secondary N) is 1. The summed E-state index contributed by atoms with van der Waals surface area (Å²) >= 11 is 0. The van der Waals surface area contributed by atoms with Crippen LogP contribution in [0.5, 0.6) is 5.75 Å². The van der Waals surface area contributed by atoms with Gasteiger partial charge in [0, 0.05) is 26.2 Å². The highest BCUT2D eigenvalue weighted by Crippen LogP contribution is 2.09. The van der Waals surface area contributed by atoms with Crippen molar-refractivity contribution in [2.45, 2.75) is 13.1 Å². The Balaban J connectivity index is 1.27. The Bertz CT molecular complexity index is 700. The maximum Gasteiger partial charge on any atom is 0.246 e. The molecule has 1 N–H and O–H groups in total. The summed E-state index contributed by atoms with van der Waals surface area (Å²) in [6, 6.07) is 17.9. The molecule has 1 aliphatic heterocycles. The SMILES string of the molecule is O=C(COCCOc1ccccc1)NCc1ccc(CN2CCOCC2)cc1. The minimum absolute atomic E-state index is 0.0350. The van der Waals surface area contributed by atoms with Crippen LogP contribution in [0.4, 0.5) is 0 Å². The summed E-state index contributed by atoms with van der Waals surface area (Å²) < 4.78 is 16.2. The maximum atomic E-state index is 11.9. The minimum atomic E-state index is -0.128. The molecule has 1 fully saturated rings.